The third-order valence-corrected chi connectivity index (χ3v) is 3.62. The van der Waals surface area contributed by atoms with Crippen LogP contribution in [0.3, 0.4) is 0 Å². The van der Waals surface area contributed by atoms with Gasteiger partial charge in [0.1, 0.15) is 0 Å². The van der Waals surface area contributed by atoms with Crippen LogP contribution in [0.5, 0.6) is 0 Å². The van der Waals surface area contributed by atoms with Crippen molar-refractivity contribution in [1.29, 1.82) is 0 Å². The van der Waals surface area contributed by atoms with Crippen molar-refractivity contribution in [2.24, 2.45) is 0 Å². The van der Waals surface area contributed by atoms with Crippen molar-refractivity contribution in [3.05, 3.63) is 0 Å². The van der Waals surface area contributed by atoms with E-state index in [1.807, 2.05) is 0 Å². The van der Waals surface area contributed by atoms with Gasteiger partial charge < -0.3 is 14.5 Å². The summed E-state index contributed by atoms with van der Waals surface area (Å²) in [5.74, 6) is 0. The fourth-order valence-electron chi connectivity index (χ4n) is 2.54. The number of rotatable bonds is 7. The van der Waals surface area contributed by atoms with E-state index in [4.69, 9.17) is 4.74 Å². The first-order chi connectivity index (χ1) is 8.13. The minimum absolute atomic E-state index is 0.364. The van der Waals surface area contributed by atoms with E-state index in [1.165, 1.54) is 38.9 Å². The second-order valence-electron chi connectivity index (χ2n) is 5.47. The SMILES string of the molecule is CCCN(C)C1CCN(CCOC(C)C)CC1. The highest BCUT2D eigenvalue weighted by Gasteiger charge is 2.21. The normalized spacial score (nSPS) is 19.4. The molecule has 1 rings (SSSR count). The summed E-state index contributed by atoms with van der Waals surface area (Å²) in [5.41, 5.74) is 0. The summed E-state index contributed by atoms with van der Waals surface area (Å²) in [6.45, 7) is 12.2. The maximum absolute atomic E-state index is 5.61. The van der Waals surface area contributed by atoms with Gasteiger partial charge in [0.15, 0.2) is 0 Å². The van der Waals surface area contributed by atoms with Crippen LogP contribution in [0, 0.1) is 0 Å². The summed E-state index contributed by atoms with van der Waals surface area (Å²) in [5, 5.41) is 0. The Balaban J connectivity index is 2.13. The Bertz CT molecular complexity index is 189. The molecule has 0 aromatic carbocycles. The van der Waals surface area contributed by atoms with Gasteiger partial charge in [-0.3, -0.25) is 0 Å². The maximum Gasteiger partial charge on any atom is 0.0596 e. The van der Waals surface area contributed by atoms with Gasteiger partial charge >= 0.3 is 0 Å². The van der Waals surface area contributed by atoms with Gasteiger partial charge in [-0.15, -0.1) is 0 Å². The molecular weight excluding hydrogens is 212 g/mol. The molecule has 1 aliphatic heterocycles. The number of piperidine rings is 1. The van der Waals surface area contributed by atoms with Crippen molar-refractivity contribution < 1.29 is 4.74 Å². The van der Waals surface area contributed by atoms with E-state index in [0.717, 1.165) is 19.2 Å². The highest BCUT2D eigenvalue weighted by molar-refractivity contribution is 4.78. The third kappa shape index (κ3) is 5.84. The zero-order valence-electron chi connectivity index (χ0n) is 12.1. The fourth-order valence-corrected chi connectivity index (χ4v) is 2.54. The van der Waals surface area contributed by atoms with Gasteiger partial charge in [0.25, 0.3) is 0 Å². The summed E-state index contributed by atoms with van der Waals surface area (Å²) in [7, 11) is 2.27. The molecule has 0 aromatic heterocycles. The van der Waals surface area contributed by atoms with E-state index in [0.29, 0.717) is 6.10 Å². The zero-order valence-corrected chi connectivity index (χ0v) is 12.1. The lowest BCUT2D eigenvalue weighted by Crippen LogP contribution is -2.44. The molecule has 0 unspecified atom stereocenters. The molecule has 3 nitrogen and oxygen atoms in total. The molecule has 0 atom stereocenters. The molecule has 102 valence electrons. The molecule has 0 aliphatic carbocycles. The summed E-state index contributed by atoms with van der Waals surface area (Å²) >= 11 is 0. The van der Waals surface area contributed by atoms with Crippen molar-refractivity contribution in [2.45, 2.75) is 52.2 Å². The van der Waals surface area contributed by atoms with Gasteiger partial charge in [-0.05, 0) is 59.8 Å². The Morgan fingerprint density at radius 3 is 2.47 bits per heavy atom. The second kappa shape index (κ2) is 8.06. The molecule has 1 fully saturated rings. The van der Waals surface area contributed by atoms with Crippen molar-refractivity contribution >= 4 is 0 Å². The lowest BCUT2D eigenvalue weighted by molar-refractivity contribution is 0.0461. The van der Waals surface area contributed by atoms with Crippen LogP contribution in [-0.4, -0.2) is 61.8 Å². The average Bonchev–Trinajstić information content (AvgIpc) is 2.30. The van der Waals surface area contributed by atoms with E-state index in [-0.39, 0.29) is 0 Å². The average molecular weight is 242 g/mol. The molecule has 1 saturated heterocycles. The van der Waals surface area contributed by atoms with Crippen LogP contribution in [0.25, 0.3) is 0 Å². The number of ether oxygens (including phenoxy) is 1. The van der Waals surface area contributed by atoms with Crippen molar-refractivity contribution in [2.75, 3.05) is 39.8 Å². The minimum atomic E-state index is 0.364. The zero-order chi connectivity index (χ0) is 12.7. The molecule has 0 amide bonds. The number of likely N-dealkylation sites (tertiary alicyclic amines) is 1. The molecule has 0 radical (unpaired) electrons. The van der Waals surface area contributed by atoms with E-state index in [2.05, 4.69) is 37.6 Å². The molecule has 0 spiro atoms. The Hall–Kier alpha value is -0.120. The summed E-state index contributed by atoms with van der Waals surface area (Å²) < 4.78 is 5.61. The third-order valence-electron chi connectivity index (χ3n) is 3.62. The number of nitrogens with zero attached hydrogens (tertiary/aromatic N) is 2. The van der Waals surface area contributed by atoms with Crippen LogP contribution < -0.4 is 0 Å². The second-order valence-corrected chi connectivity index (χ2v) is 5.47. The quantitative estimate of drug-likeness (QED) is 0.681. The lowest BCUT2D eigenvalue weighted by atomic mass is 10.0. The molecule has 17 heavy (non-hydrogen) atoms. The first-order valence-electron chi connectivity index (χ1n) is 7.17. The predicted molar refractivity (Wildman–Crippen MR) is 73.5 cm³/mol. The smallest absolute Gasteiger partial charge is 0.0596 e. The summed E-state index contributed by atoms with van der Waals surface area (Å²) in [6.07, 6.45) is 4.26. The van der Waals surface area contributed by atoms with Crippen LogP contribution in [0.15, 0.2) is 0 Å². The summed E-state index contributed by atoms with van der Waals surface area (Å²) in [4.78, 5) is 5.07. The number of hydrogen-bond donors (Lipinski definition) is 0. The largest absolute Gasteiger partial charge is 0.377 e. The predicted octanol–water partition coefficient (Wildman–Crippen LogP) is 2.22. The van der Waals surface area contributed by atoms with Crippen LogP contribution >= 0.6 is 0 Å². The Morgan fingerprint density at radius 2 is 1.94 bits per heavy atom. The maximum atomic E-state index is 5.61. The lowest BCUT2D eigenvalue weighted by Gasteiger charge is -2.36. The van der Waals surface area contributed by atoms with Gasteiger partial charge in [-0.1, -0.05) is 6.92 Å². The van der Waals surface area contributed by atoms with Crippen LogP contribution in [0.4, 0.5) is 0 Å². The van der Waals surface area contributed by atoms with Crippen LogP contribution in [0.1, 0.15) is 40.0 Å². The van der Waals surface area contributed by atoms with Gasteiger partial charge in [0.05, 0.1) is 12.7 Å². The first kappa shape index (κ1) is 14.9. The minimum Gasteiger partial charge on any atom is -0.377 e. The van der Waals surface area contributed by atoms with Crippen LogP contribution in [0.2, 0.25) is 0 Å². The van der Waals surface area contributed by atoms with Crippen molar-refractivity contribution in [3.63, 3.8) is 0 Å². The monoisotopic (exact) mass is 242 g/mol. The molecule has 0 bridgehead atoms. The Kier molecular flexibility index (Phi) is 7.09. The van der Waals surface area contributed by atoms with E-state index in [9.17, 15) is 0 Å². The van der Waals surface area contributed by atoms with E-state index < -0.39 is 0 Å². The van der Waals surface area contributed by atoms with E-state index in [1.54, 1.807) is 0 Å². The fraction of sp³-hybridized carbons (Fsp3) is 1.00. The highest BCUT2D eigenvalue weighted by atomic mass is 16.5. The Morgan fingerprint density at radius 1 is 1.29 bits per heavy atom. The molecule has 1 heterocycles. The van der Waals surface area contributed by atoms with E-state index >= 15 is 0 Å². The molecule has 0 N–H and O–H groups in total. The number of hydrogen-bond acceptors (Lipinski definition) is 3. The highest BCUT2D eigenvalue weighted by Crippen LogP contribution is 2.15. The van der Waals surface area contributed by atoms with Gasteiger partial charge in [0, 0.05) is 12.6 Å². The first-order valence-corrected chi connectivity index (χ1v) is 7.17. The van der Waals surface area contributed by atoms with Gasteiger partial charge in [-0.2, -0.15) is 0 Å². The molecular formula is C14H30N2O. The molecule has 0 saturated carbocycles. The van der Waals surface area contributed by atoms with Crippen molar-refractivity contribution in [1.82, 2.24) is 9.80 Å². The molecule has 0 aromatic rings. The van der Waals surface area contributed by atoms with Crippen molar-refractivity contribution in [3.8, 4) is 0 Å². The van der Waals surface area contributed by atoms with Crippen LogP contribution in [-0.2, 0) is 4.74 Å². The standard InChI is InChI=1S/C14H30N2O/c1-5-8-15(4)14-6-9-16(10-7-14)11-12-17-13(2)3/h13-14H,5-12H2,1-4H3. The molecule has 1 aliphatic rings. The Labute approximate surface area is 107 Å². The van der Waals surface area contributed by atoms with Gasteiger partial charge in [0.2, 0.25) is 0 Å². The summed E-state index contributed by atoms with van der Waals surface area (Å²) in [6, 6.07) is 0.803. The van der Waals surface area contributed by atoms with Gasteiger partial charge in [-0.25, -0.2) is 0 Å². The topological polar surface area (TPSA) is 15.7 Å². The molecule has 3 heteroatoms.